The van der Waals surface area contributed by atoms with E-state index in [9.17, 15) is 4.39 Å². The van der Waals surface area contributed by atoms with E-state index in [0.29, 0.717) is 25.0 Å². The van der Waals surface area contributed by atoms with Crippen molar-refractivity contribution in [2.24, 2.45) is 11.7 Å². The number of halogens is 1. The van der Waals surface area contributed by atoms with E-state index in [1.165, 1.54) is 23.8 Å². The van der Waals surface area contributed by atoms with Crippen LogP contribution in [0.3, 0.4) is 0 Å². The molecule has 5 heteroatoms. The minimum Gasteiger partial charge on any atom is -0.490 e. The van der Waals surface area contributed by atoms with Crippen molar-refractivity contribution in [1.82, 2.24) is 0 Å². The highest BCUT2D eigenvalue weighted by Gasteiger charge is 2.30. The molecule has 0 bridgehead atoms. The number of hydrogen-bond donors (Lipinski definition) is 1. The zero-order chi connectivity index (χ0) is 26.1. The van der Waals surface area contributed by atoms with Gasteiger partial charge in [-0.1, -0.05) is 32.4 Å². The van der Waals surface area contributed by atoms with Crippen LogP contribution >= 0.6 is 11.8 Å². The Morgan fingerprint density at radius 3 is 2.44 bits per heavy atom. The van der Waals surface area contributed by atoms with E-state index in [0.717, 1.165) is 52.3 Å². The molecule has 1 aliphatic rings. The quantitative estimate of drug-likeness (QED) is 0.167. The van der Waals surface area contributed by atoms with Crippen molar-refractivity contribution in [1.29, 1.82) is 0 Å². The number of ether oxygens (including phenoxy) is 2. The van der Waals surface area contributed by atoms with Crippen LogP contribution in [0.15, 0.2) is 70.8 Å². The van der Waals surface area contributed by atoms with Crippen molar-refractivity contribution >= 4 is 17.3 Å². The molecule has 0 radical (unpaired) electrons. The monoisotopic (exact) mass is 509 g/mol. The maximum Gasteiger partial charge on any atom is 0.127 e. The molecule has 2 aromatic rings. The molecule has 0 saturated heterocycles. The van der Waals surface area contributed by atoms with Gasteiger partial charge in [0, 0.05) is 21.7 Å². The molecular formula is C31H40FNO2S. The summed E-state index contributed by atoms with van der Waals surface area (Å²) in [6.07, 6.45) is 13.0. The maximum atomic E-state index is 13.9. The van der Waals surface area contributed by atoms with Crippen molar-refractivity contribution in [3.8, 4) is 11.5 Å². The van der Waals surface area contributed by atoms with E-state index in [4.69, 9.17) is 15.2 Å². The van der Waals surface area contributed by atoms with Gasteiger partial charge in [0.1, 0.15) is 30.5 Å². The van der Waals surface area contributed by atoms with Gasteiger partial charge in [0.25, 0.3) is 0 Å². The third kappa shape index (κ3) is 7.92. The van der Waals surface area contributed by atoms with Crippen LogP contribution in [-0.2, 0) is 0 Å². The first-order valence-corrected chi connectivity index (χ1v) is 14.1. The molecule has 1 atom stereocenters. The van der Waals surface area contributed by atoms with Crippen LogP contribution in [0.5, 0.6) is 11.5 Å². The van der Waals surface area contributed by atoms with Gasteiger partial charge in [0.2, 0.25) is 0 Å². The molecule has 1 aliphatic carbocycles. The Bertz CT molecular complexity index is 1110. The van der Waals surface area contributed by atoms with Crippen LogP contribution in [0.25, 0.3) is 5.57 Å². The summed E-state index contributed by atoms with van der Waals surface area (Å²) in [5, 5.41) is 0. The molecule has 3 nitrogen and oxygen atoms in total. The van der Waals surface area contributed by atoms with Crippen LogP contribution in [0, 0.1) is 11.7 Å². The number of nitrogens with two attached hydrogens (primary N) is 1. The smallest absolute Gasteiger partial charge is 0.127 e. The standard InChI is InChI=1S/C31H40FNO2S/c1-6-7-8-9-25(18-21(2)23(4)33)29-20-27(36-5)13-15-31(29)35-17-16-34-30-14-12-26(32)19-28(30)22(3)24-10-11-24/h8-9,12-15,18-20,22,24H,6-7,10-11,16-17,33H2,1-5H3/b9-8+,23-21+,25-18+. The Hall–Kier alpha value is -2.66. The van der Waals surface area contributed by atoms with Crippen molar-refractivity contribution in [3.05, 3.63) is 82.8 Å². The number of allylic oxidation sites excluding steroid dienone is 6. The molecular weight excluding hydrogens is 469 g/mol. The molecule has 2 aromatic carbocycles. The van der Waals surface area contributed by atoms with Gasteiger partial charge in [-0.15, -0.1) is 11.8 Å². The Balaban J connectivity index is 1.78. The summed E-state index contributed by atoms with van der Waals surface area (Å²) in [4.78, 5) is 1.17. The van der Waals surface area contributed by atoms with E-state index in [1.54, 1.807) is 23.9 Å². The van der Waals surface area contributed by atoms with Gasteiger partial charge in [-0.3, -0.25) is 0 Å². The fourth-order valence-electron chi connectivity index (χ4n) is 4.09. The summed E-state index contributed by atoms with van der Waals surface area (Å²) in [6.45, 7) is 9.04. The van der Waals surface area contributed by atoms with Gasteiger partial charge in [-0.2, -0.15) is 0 Å². The van der Waals surface area contributed by atoms with E-state index < -0.39 is 0 Å². The highest BCUT2D eigenvalue weighted by Crippen LogP contribution is 2.45. The SMILES string of the molecule is CCC/C=C/C(=C\C(C)=C(/C)N)c1cc(SC)ccc1OCCOc1ccc(F)cc1C(C)C1CC1. The summed E-state index contributed by atoms with van der Waals surface area (Å²) in [7, 11) is 0. The van der Waals surface area contributed by atoms with Crippen LogP contribution < -0.4 is 15.2 Å². The Kier molecular flexibility index (Phi) is 10.5. The van der Waals surface area contributed by atoms with Crippen LogP contribution in [-0.4, -0.2) is 19.5 Å². The summed E-state index contributed by atoms with van der Waals surface area (Å²) in [5.74, 6) is 2.26. The lowest BCUT2D eigenvalue weighted by atomic mass is 9.95. The molecule has 0 heterocycles. The molecule has 194 valence electrons. The molecule has 0 spiro atoms. The number of unbranched alkanes of at least 4 members (excludes halogenated alkanes) is 1. The van der Waals surface area contributed by atoms with Gasteiger partial charge >= 0.3 is 0 Å². The second-order valence-electron chi connectivity index (χ2n) is 9.52. The average Bonchev–Trinajstić information content (AvgIpc) is 3.72. The molecule has 3 rings (SSSR count). The second-order valence-corrected chi connectivity index (χ2v) is 10.4. The number of rotatable bonds is 13. The summed E-state index contributed by atoms with van der Waals surface area (Å²) in [6, 6.07) is 11.1. The van der Waals surface area contributed by atoms with Gasteiger partial charge < -0.3 is 15.2 Å². The van der Waals surface area contributed by atoms with Crippen LogP contribution in [0.1, 0.15) is 70.4 Å². The summed E-state index contributed by atoms with van der Waals surface area (Å²) >= 11 is 1.70. The number of benzene rings is 2. The molecule has 0 aromatic heterocycles. The third-order valence-corrected chi connectivity index (χ3v) is 7.36. The highest BCUT2D eigenvalue weighted by atomic mass is 32.2. The second kappa shape index (κ2) is 13.6. The summed E-state index contributed by atoms with van der Waals surface area (Å²) in [5.41, 5.74) is 10.9. The predicted molar refractivity (Wildman–Crippen MR) is 151 cm³/mol. The Labute approximate surface area is 220 Å². The minimum atomic E-state index is -0.216. The zero-order valence-corrected chi connectivity index (χ0v) is 23.1. The lowest BCUT2D eigenvalue weighted by Crippen LogP contribution is -2.12. The molecule has 36 heavy (non-hydrogen) atoms. The molecule has 0 amide bonds. The first kappa shape index (κ1) is 27.9. The molecule has 0 aliphatic heterocycles. The zero-order valence-electron chi connectivity index (χ0n) is 22.3. The predicted octanol–water partition coefficient (Wildman–Crippen LogP) is 8.51. The Morgan fingerprint density at radius 2 is 1.81 bits per heavy atom. The first-order chi connectivity index (χ1) is 17.3. The van der Waals surface area contributed by atoms with E-state index >= 15 is 0 Å². The molecule has 1 unspecified atom stereocenters. The lowest BCUT2D eigenvalue weighted by molar-refractivity contribution is 0.214. The summed E-state index contributed by atoms with van der Waals surface area (Å²) < 4.78 is 26.3. The van der Waals surface area contributed by atoms with Gasteiger partial charge in [0.05, 0.1) is 0 Å². The van der Waals surface area contributed by atoms with Crippen molar-refractivity contribution in [2.75, 3.05) is 19.5 Å². The van der Waals surface area contributed by atoms with Crippen molar-refractivity contribution in [3.63, 3.8) is 0 Å². The number of thioether (sulfide) groups is 1. The highest BCUT2D eigenvalue weighted by molar-refractivity contribution is 7.98. The molecule has 2 N–H and O–H groups in total. The fraction of sp³-hybridized carbons (Fsp3) is 0.419. The molecule has 1 fully saturated rings. The van der Waals surface area contributed by atoms with Gasteiger partial charge in [-0.25, -0.2) is 4.39 Å². The van der Waals surface area contributed by atoms with Crippen molar-refractivity contribution in [2.45, 2.75) is 64.2 Å². The molecule has 1 saturated carbocycles. The largest absolute Gasteiger partial charge is 0.490 e. The van der Waals surface area contributed by atoms with E-state index in [-0.39, 0.29) is 5.82 Å². The fourth-order valence-corrected chi connectivity index (χ4v) is 4.53. The lowest BCUT2D eigenvalue weighted by Gasteiger charge is -2.18. The normalized spacial score (nSPS) is 15.7. The van der Waals surface area contributed by atoms with Crippen molar-refractivity contribution < 1.29 is 13.9 Å². The van der Waals surface area contributed by atoms with Gasteiger partial charge in [0.15, 0.2) is 0 Å². The van der Waals surface area contributed by atoms with Gasteiger partial charge in [-0.05, 0) is 105 Å². The van der Waals surface area contributed by atoms with Crippen LogP contribution in [0.4, 0.5) is 4.39 Å². The maximum absolute atomic E-state index is 13.9. The third-order valence-electron chi connectivity index (χ3n) is 6.63. The topological polar surface area (TPSA) is 44.5 Å². The Morgan fingerprint density at radius 1 is 1.11 bits per heavy atom. The average molecular weight is 510 g/mol. The van der Waals surface area contributed by atoms with Crippen LogP contribution in [0.2, 0.25) is 0 Å². The minimum absolute atomic E-state index is 0.216. The van der Waals surface area contributed by atoms with E-state index in [2.05, 4.69) is 50.5 Å². The van der Waals surface area contributed by atoms with E-state index in [1.807, 2.05) is 19.9 Å². The number of hydrogen-bond acceptors (Lipinski definition) is 4. The first-order valence-electron chi connectivity index (χ1n) is 12.9.